The Morgan fingerprint density at radius 3 is 2.33 bits per heavy atom. The number of hydrogen-bond donors (Lipinski definition) is 1. The Morgan fingerprint density at radius 2 is 1.62 bits per heavy atom. The van der Waals surface area contributed by atoms with Crippen LogP contribution >= 0.6 is 12.4 Å². The highest BCUT2D eigenvalue weighted by Crippen LogP contribution is 2.31. The second-order valence-electron chi connectivity index (χ2n) is 10.1. The van der Waals surface area contributed by atoms with E-state index in [-0.39, 0.29) is 17.3 Å². The third-order valence-corrected chi connectivity index (χ3v) is 9.10. The van der Waals surface area contributed by atoms with Gasteiger partial charge in [-0.3, -0.25) is 0 Å². The summed E-state index contributed by atoms with van der Waals surface area (Å²) in [5, 5.41) is 11.9. The number of rotatable bonds is 8. The maximum atomic E-state index is 13.2. The average molecular weight is 567 g/mol. The van der Waals surface area contributed by atoms with Crippen LogP contribution in [0.3, 0.4) is 0 Å². The molecule has 0 bridgehead atoms. The van der Waals surface area contributed by atoms with E-state index in [1.807, 2.05) is 13.0 Å². The van der Waals surface area contributed by atoms with Gasteiger partial charge in [-0.05, 0) is 105 Å². The van der Waals surface area contributed by atoms with Crippen LogP contribution < -0.4 is 5.32 Å². The van der Waals surface area contributed by atoms with E-state index in [9.17, 15) is 8.42 Å². The molecule has 1 N–H and O–H groups in total. The SMILES string of the molecule is Cc1cccc(C)c1-c1cc(C)c2nc(Nc3cccc(S(=O)(=O)N(C)CCN4CCCC4)c3)nnc2c1.Cl. The largest absolute Gasteiger partial charge is 0.323 e. The Bertz CT molecular complexity index is 1570. The standard InChI is InChI=1S/C29H34N6O2S.ClH/c1-20-9-7-10-21(2)27(20)23-17-22(3)28-26(18-23)32-33-29(31-28)30-24-11-8-12-25(19-24)38(36,37)34(4)15-16-35-13-5-6-14-35;/h7-12,17-19H,5-6,13-16H2,1-4H3,(H,30,31,33);1H. The summed E-state index contributed by atoms with van der Waals surface area (Å²) in [5.41, 5.74) is 7.75. The lowest BCUT2D eigenvalue weighted by atomic mass is 9.94. The molecule has 0 spiro atoms. The second-order valence-corrected chi connectivity index (χ2v) is 12.1. The van der Waals surface area contributed by atoms with E-state index < -0.39 is 10.0 Å². The molecule has 0 radical (unpaired) electrons. The molecule has 2 heterocycles. The molecular formula is C29H35ClN6O2S. The fourth-order valence-electron chi connectivity index (χ4n) is 5.13. The Kier molecular flexibility index (Phi) is 8.86. The van der Waals surface area contributed by atoms with Crippen LogP contribution in [0.4, 0.5) is 11.6 Å². The van der Waals surface area contributed by atoms with Gasteiger partial charge < -0.3 is 10.2 Å². The van der Waals surface area contributed by atoms with Gasteiger partial charge in [0.05, 0.1) is 10.4 Å². The maximum Gasteiger partial charge on any atom is 0.247 e. The molecule has 0 amide bonds. The van der Waals surface area contributed by atoms with Gasteiger partial charge in [0.1, 0.15) is 5.52 Å². The zero-order valence-corrected chi connectivity index (χ0v) is 24.4. The number of aryl methyl sites for hydroxylation is 3. The smallest absolute Gasteiger partial charge is 0.247 e. The number of hydrogen-bond acceptors (Lipinski definition) is 7. The van der Waals surface area contributed by atoms with Crippen LogP contribution in [0, 0.1) is 20.8 Å². The minimum Gasteiger partial charge on any atom is -0.323 e. The summed E-state index contributed by atoms with van der Waals surface area (Å²) >= 11 is 0. The molecule has 0 saturated carbocycles. The zero-order valence-electron chi connectivity index (χ0n) is 22.8. The van der Waals surface area contributed by atoms with Crippen molar-refractivity contribution >= 4 is 45.1 Å². The van der Waals surface area contributed by atoms with E-state index in [0.717, 1.165) is 36.3 Å². The Hall–Kier alpha value is -3.11. The van der Waals surface area contributed by atoms with Crippen LogP contribution in [0.15, 0.2) is 59.5 Å². The summed E-state index contributed by atoms with van der Waals surface area (Å²) < 4.78 is 27.8. The summed E-state index contributed by atoms with van der Waals surface area (Å²) in [6.45, 7) is 9.52. The molecule has 5 rings (SSSR count). The van der Waals surface area contributed by atoms with Crippen LogP contribution in [0.25, 0.3) is 22.2 Å². The highest BCUT2D eigenvalue weighted by atomic mass is 35.5. The van der Waals surface area contributed by atoms with Gasteiger partial charge in [-0.1, -0.05) is 24.3 Å². The number of nitrogens with zero attached hydrogens (tertiary/aromatic N) is 5. The third-order valence-electron chi connectivity index (χ3n) is 7.25. The Balaban J connectivity index is 0.00000353. The number of nitrogens with one attached hydrogen (secondary N) is 1. The van der Waals surface area contributed by atoms with Crippen molar-refractivity contribution in [2.24, 2.45) is 0 Å². The molecule has 206 valence electrons. The molecule has 39 heavy (non-hydrogen) atoms. The highest BCUT2D eigenvalue weighted by molar-refractivity contribution is 7.89. The van der Waals surface area contributed by atoms with Gasteiger partial charge >= 0.3 is 0 Å². The minimum atomic E-state index is -3.61. The minimum absolute atomic E-state index is 0. The first-order chi connectivity index (χ1) is 18.2. The number of aromatic nitrogens is 3. The predicted molar refractivity (Wildman–Crippen MR) is 159 cm³/mol. The molecule has 0 aliphatic carbocycles. The number of halogens is 1. The number of fused-ring (bicyclic) bond motifs is 1. The summed E-state index contributed by atoms with van der Waals surface area (Å²) in [6.07, 6.45) is 2.37. The fraction of sp³-hybridized carbons (Fsp3) is 0.345. The lowest BCUT2D eigenvalue weighted by molar-refractivity contribution is 0.310. The van der Waals surface area contributed by atoms with E-state index in [1.54, 1.807) is 31.3 Å². The molecule has 3 aromatic carbocycles. The monoisotopic (exact) mass is 566 g/mol. The van der Waals surface area contributed by atoms with Crippen molar-refractivity contribution in [2.45, 2.75) is 38.5 Å². The lowest BCUT2D eigenvalue weighted by Crippen LogP contribution is -2.35. The molecular weight excluding hydrogens is 532 g/mol. The van der Waals surface area contributed by atoms with E-state index >= 15 is 0 Å². The number of sulfonamides is 1. The first-order valence-electron chi connectivity index (χ1n) is 13.0. The van der Waals surface area contributed by atoms with Crippen LogP contribution in [0.5, 0.6) is 0 Å². The van der Waals surface area contributed by atoms with E-state index in [1.165, 1.54) is 33.8 Å². The highest BCUT2D eigenvalue weighted by Gasteiger charge is 2.22. The summed E-state index contributed by atoms with van der Waals surface area (Å²) in [5.74, 6) is 0.317. The van der Waals surface area contributed by atoms with Crippen molar-refractivity contribution in [3.05, 3.63) is 71.3 Å². The summed E-state index contributed by atoms with van der Waals surface area (Å²) in [6, 6.07) is 17.2. The van der Waals surface area contributed by atoms with Crippen LogP contribution in [-0.2, 0) is 10.0 Å². The zero-order chi connectivity index (χ0) is 26.9. The number of likely N-dealkylation sites (tertiary alicyclic amines) is 1. The first kappa shape index (κ1) is 28.9. The van der Waals surface area contributed by atoms with Crippen molar-refractivity contribution in [3.63, 3.8) is 0 Å². The molecule has 1 aromatic heterocycles. The molecule has 10 heteroatoms. The van der Waals surface area contributed by atoms with Gasteiger partial charge in [-0.15, -0.1) is 22.6 Å². The van der Waals surface area contributed by atoms with Gasteiger partial charge in [0.2, 0.25) is 16.0 Å². The Labute approximate surface area is 236 Å². The van der Waals surface area contributed by atoms with Crippen molar-refractivity contribution in [1.29, 1.82) is 0 Å². The van der Waals surface area contributed by atoms with Crippen molar-refractivity contribution in [1.82, 2.24) is 24.4 Å². The normalized spacial score (nSPS) is 14.1. The van der Waals surface area contributed by atoms with Crippen molar-refractivity contribution < 1.29 is 8.42 Å². The molecule has 4 aromatic rings. The van der Waals surface area contributed by atoms with Gasteiger partial charge in [0.15, 0.2) is 0 Å². The fourth-order valence-corrected chi connectivity index (χ4v) is 6.34. The van der Waals surface area contributed by atoms with Gasteiger partial charge in [-0.25, -0.2) is 13.4 Å². The predicted octanol–water partition coefficient (Wildman–Crippen LogP) is 5.50. The first-order valence-corrected chi connectivity index (χ1v) is 14.4. The number of anilines is 2. The number of likely N-dealkylation sites (N-methyl/N-ethyl adjacent to an activating group) is 1. The molecule has 0 unspecified atom stereocenters. The topological polar surface area (TPSA) is 91.3 Å². The second kappa shape index (κ2) is 12.0. The number of benzene rings is 3. The van der Waals surface area contributed by atoms with Crippen LogP contribution in [0.2, 0.25) is 0 Å². The van der Waals surface area contributed by atoms with E-state index in [2.05, 4.69) is 58.5 Å². The van der Waals surface area contributed by atoms with Gasteiger partial charge in [0, 0.05) is 25.8 Å². The Morgan fingerprint density at radius 1 is 0.923 bits per heavy atom. The molecule has 1 aliphatic heterocycles. The molecule has 8 nitrogen and oxygen atoms in total. The van der Waals surface area contributed by atoms with Gasteiger partial charge in [-0.2, -0.15) is 4.31 Å². The van der Waals surface area contributed by atoms with Crippen LogP contribution in [0.1, 0.15) is 29.5 Å². The van der Waals surface area contributed by atoms with E-state index in [4.69, 9.17) is 4.98 Å². The average Bonchev–Trinajstić information content (AvgIpc) is 3.41. The lowest BCUT2D eigenvalue weighted by Gasteiger charge is -2.21. The third kappa shape index (κ3) is 6.22. The van der Waals surface area contributed by atoms with Crippen LogP contribution in [-0.4, -0.2) is 66.0 Å². The molecule has 1 fully saturated rings. The molecule has 1 aliphatic rings. The quantitative estimate of drug-likeness (QED) is 0.301. The summed E-state index contributed by atoms with van der Waals surface area (Å²) in [4.78, 5) is 7.24. The van der Waals surface area contributed by atoms with Gasteiger partial charge in [0.25, 0.3) is 0 Å². The van der Waals surface area contributed by atoms with Crippen molar-refractivity contribution in [3.8, 4) is 11.1 Å². The maximum absolute atomic E-state index is 13.2. The van der Waals surface area contributed by atoms with E-state index in [0.29, 0.717) is 23.7 Å². The van der Waals surface area contributed by atoms with Crippen molar-refractivity contribution in [2.75, 3.05) is 38.5 Å². The summed E-state index contributed by atoms with van der Waals surface area (Å²) in [7, 11) is -1.98. The molecule has 1 saturated heterocycles. The molecule has 0 atom stereocenters.